The lowest BCUT2D eigenvalue weighted by Crippen LogP contribution is -2.72. The van der Waals surface area contributed by atoms with E-state index < -0.39 is 8.07 Å². The molecule has 2 atom stereocenters. The number of hydrogen-bond acceptors (Lipinski definition) is 4. The predicted octanol–water partition coefficient (Wildman–Crippen LogP) is 12.7. The largest absolute Gasteiger partial charge is 0.482 e. The van der Waals surface area contributed by atoms with Crippen LogP contribution in [0.1, 0.15) is 25.0 Å². The Balaban J connectivity index is 0.978. The van der Waals surface area contributed by atoms with Crippen molar-refractivity contribution in [2.24, 2.45) is 0 Å². The van der Waals surface area contributed by atoms with Crippen molar-refractivity contribution in [2.75, 3.05) is 9.80 Å². The number of anilines is 5. The molecule has 13 rings (SSSR count). The van der Waals surface area contributed by atoms with Crippen molar-refractivity contribution in [3.05, 3.63) is 216 Å². The average Bonchev–Trinajstić information content (AvgIpc) is 3.62. The van der Waals surface area contributed by atoms with Gasteiger partial charge in [-0.3, -0.25) is 0 Å². The van der Waals surface area contributed by atoms with E-state index in [9.17, 15) is 0 Å². The van der Waals surface area contributed by atoms with Gasteiger partial charge < -0.3 is 19.3 Å². The molecule has 4 nitrogen and oxygen atoms in total. The molecule has 3 aliphatic heterocycles. The molecule has 0 bridgehead atoms. The molecule has 9 aromatic rings. The van der Waals surface area contributed by atoms with E-state index in [2.05, 4.69) is 232 Å². The monoisotopic (exact) mass is 854 g/mol. The van der Waals surface area contributed by atoms with Crippen LogP contribution in [0.3, 0.4) is 0 Å². The van der Waals surface area contributed by atoms with E-state index >= 15 is 0 Å². The standard InChI is InChI=1S/C60H46N2O2Si/c1-37-27-52-56(29-39(37)3)63-55-21-13-12-20-51(55)61(52)45-25-23-41-32-44-34-46(26-24-42(44)31-43(41)33-45)62-53-28-38(2)40(4)30-57(53)64-58-35-50-49-19-11-14-22-59(49)65(60(50)36-54(58)62,47-15-7-5-8-16-47)48-17-9-6-10-18-48/h5-36,52,56H,1-4H3. The van der Waals surface area contributed by atoms with Crippen LogP contribution in [0, 0.1) is 13.8 Å². The number of benzene rings is 9. The first kappa shape index (κ1) is 37.9. The van der Waals surface area contributed by atoms with Crippen molar-refractivity contribution in [1.82, 2.24) is 0 Å². The second-order valence-corrected chi connectivity index (χ2v) is 22.0. The Morgan fingerprint density at radius 1 is 0.431 bits per heavy atom. The Bertz CT molecular complexity index is 3480. The van der Waals surface area contributed by atoms with Gasteiger partial charge in [0.2, 0.25) is 0 Å². The zero-order valence-corrected chi connectivity index (χ0v) is 37.8. The third kappa shape index (κ3) is 5.61. The van der Waals surface area contributed by atoms with Gasteiger partial charge in [-0.1, -0.05) is 121 Å². The van der Waals surface area contributed by atoms with Gasteiger partial charge >= 0.3 is 0 Å². The summed E-state index contributed by atoms with van der Waals surface area (Å²) >= 11 is 0. The number of para-hydroxylation sites is 2. The molecule has 1 aliphatic carbocycles. The molecule has 0 spiro atoms. The molecule has 4 aliphatic rings. The predicted molar refractivity (Wildman–Crippen MR) is 273 cm³/mol. The van der Waals surface area contributed by atoms with E-state index in [0.29, 0.717) is 0 Å². The second kappa shape index (κ2) is 14.2. The normalized spacial score (nSPS) is 17.4. The smallest absolute Gasteiger partial charge is 0.180 e. The maximum atomic E-state index is 7.01. The summed E-state index contributed by atoms with van der Waals surface area (Å²) in [5.74, 6) is 2.65. The lowest BCUT2D eigenvalue weighted by Gasteiger charge is -2.43. The molecular formula is C60H46N2O2Si. The number of aryl methyl sites for hydroxylation is 2. The number of rotatable bonds is 4. The van der Waals surface area contributed by atoms with Gasteiger partial charge in [-0.15, -0.1) is 0 Å². The van der Waals surface area contributed by atoms with Gasteiger partial charge in [-0.2, -0.15) is 0 Å². The molecule has 312 valence electrons. The van der Waals surface area contributed by atoms with Gasteiger partial charge in [0.1, 0.15) is 11.9 Å². The van der Waals surface area contributed by atoms with E-state index in [4.69, 9.17) is 9.47 Å². The van der Waals surface area contributed by atoms with Gasteiger partial charge in [-0.25, -0.2) is 0 Å². The quantitative estimate of drug-likeness (QED) is 0.130. The zero-order valence-electron chi connectivity index (χ0n) is 36.8. The third-order valence-corrected chi connectivity index (χ3v) is 19.5. The summed E-state index contributed by atoms with van der Waals surface area (Å²) in [5.41, 5.74) is 13.0. The first-order chi connectivity index (χ1) is 31.8. The average molecular weight is 855 g/mol. The Hall–Kier alpha value is -7.60. The lowest BCUT2D eigenvalue weighted by molar-refractivity contribution is 0.216. The minimum absolute atomic E-state index is 0.0596. The van der Waals surface area contributed by atoms with Crippen molar-refractivity contribution < 1.29 is 9.47 Å². The summed E-state index contributed by atoms with van der Waals surface area (Å²) in [6.45, 7) is 8.75. The maximum Gasteiger partial charge on any atom is 0.180 e. The van der Waals surface area contributed by atoms with Gasteiger partial charge in [0.05, 0.1) is 23.1 Å². The summed E-state index contributed by atoms with van der Waals surface area (Å²) in [4.78, 5) is 4.91. The molecule has 2 unspecified atom stereocenters. The number of allylic oxidation sites excluding steroid dienone is 2. The first-order valence-electron chi connectivity index (χ1n) is 22.7. The summed E-state index contributed by atoms with van der Waals surface area (Å²) in [6, 6.07) is 67.9. The molecule has 5 heteroatoms. The van der Waals surface area contributed by atoms with Crippen molar-refractivity contribution in [2.45, 2.75) is 39.8 Å². The second-order valence-electron chi connectivity index (χ2n) is 18.3. The van der Waals surface area contributed by atoms with E-state index in [0.717, 1.165) is 45.7 Å². The molecule has 0 saturated carbocycles. The topological polar surface area (TPSA) is 24.9 Å². The fraction of sp³-hybridized carbons (Fsp3) is 0.100. The molecule has 65 heavy (non-hydrogen) atoms. The molecule has 9 aromatic carbocycles. The van der Waals surface area contributed by atoms with Crippen molar-refractivity contribution in [3.8, 4) is 28.4 Å². The van der Waals surface area contributed by atoms with Crippen LogP contribution in [0.25, 0.3) is 32.7 Å². The van der Waals surface area contributed by atoms with Crippen LogP contribution < -0.4 is 40.0 Å². The number of fused-ring (bicyclic) bond motifs is 9. The lowest BCUT2D eigenvalue weighted by atomic mass is 9.91. The van der Waals surface area contributed by atoms with Gasteiger partial charge in [-0.05, 0) is 177 Å². The van der Waals surface area contributed by atoms with Crippen LogP contribution in [0.4, 0.5) is 28.4 Å². The highest BCUT2D eigenvalue weighted by Gasteiger charge is 2.50. The van der Waals surface area contributed by atoms with Crippen LogP contribution in [-0.4, -0.2) is 20.2 Å². The highest BCUT2D eigenvalue weighted by molar-refractivity contribution is 7.22. The van der Waals surface area contributed by atoms with Gasteiger partial charge in [0.15, 0.2) is 19.6 Å². The Morgan fingerprint density at radius 2 is 1.03 bits per heavy atom. The fourth-order valence-corrected chi connectivity index (χ4v) is 16.4. The SMILES string of the molecule is CC1=CC2Oc3ccccc3N(c3ccc4cc5cc(N6c7cc(C)c(C)cc7Oc7cc8c(cc76)[Si](c6ccccc6)(c6ccccc6)c6ccccc6-8)ccc5cc4c3)C2C=C1C. The number of hydrogen-bond donors (Lipinski definition) is 0. The van der Waals surface area contributed by atoms with Crippen LogP contribution in [0.2, 0.25) is 0 Å². The van der Waals surface area contributed by atoms with Crippen molar-refractivity contribution in [3.63, 3.8) is 0 Å². The maximum absolute atomic E-state index is 7.01. The highest BCUT2D eigenvalue weighted by Crippen LogP contribution is 2.53. The number of nitrogens with zero attached hydrogens (tertiary/aromatic N) is 2. The molecule has 0 saturated heterocycles. The van der Waals surface area contributed by atoms with E-state index in [1.54, 1.807) is 0 Å². The molecule has 0 aromatic heterocycles. The van der Waals surface area contributed by atoms with Gasteiger partial charge in [0, 0.05) is 11.4 Å². The molecular weight excluding hydrogens is 809 g/mol. The Kier molecular flexibility index (Phi) is 8.28. The van der Waals surface area contributed by atoms with Crippen molar-refractivity contribution in [1.29, 1.82) is 0 Å². The molecule has 3 heterocycles. The van der Waals surface area contributed by atoms with Crippen LogP contribution in [0.15, 0.2) is 205 Å². The summed E-state index contributed by atoms with van der Waals surface area (Å²) in [5, 5.41) is 10.4. The molecule has 0 radical (unpaired) electrons. The van der Waals surface area contributed by atoms with E-state index in [1.807, 2.05) is 0 Å². The number of ether oxygens (including phenoxy) is 2. The minimum Gasteiger partial charge on any atom is -0.482 e. The molecule has 0 fully saturated rings. The summed E-state index contributed by atoms with van der Waals surface area (Å²) < 4.78 is 13.6. The summed E-state index contributed by atoms with van der Waals surface area (Å²) in [6.07, 6.45) is 4.58. The van der Waals surface area contributed by atoms with E-state index in [1.165, 1.54) is 75.7 Å². The first-order valence-corrected chi connectivity index (χ1v) is 24.7. The Labute approximate surface area is 381 Å². The van der Waals surface area contributed by atoms with Crippen LogP contribution in [0.5, 0.6) is 17.2 Å². The summed E-state index contributed by atoms with van der Waals surface area (Å²) in [7, 11) is -2.75. The Morgan fingerprint density at radius 3 is 1.78 bits per heavy atom. The van der Waals surface area contributed by atoms with E-state index in [-0.39, 0.29) is 12.1 Å². The fourth-order valence-electron chi connectivity index (χ4n) is 11.2. The molecule has 0 amide bonds. The zero-order chi connectivity index (χ0) is 43.6. The van der Waals surface area contributed by atoms with Crippen LogP contribution >= 0.6 is 0 Å². The molecule has 0 N–H and O–H groups in total. The highest BCUT2D eigenvalue weighted by atomic mass is 28.3. The van der Waals surface area contributed by atoms with Gasteiger partial charge in [0.25, 0.3) is 0 Å². The minimum atomic E-state index is -2.75. The van der Waals surface area contributed by atoms with Crippen LogP contribution in [-0.2, 0) is 0 Å². The third-order valence-electron chi connectivity index (χ3n) is 14.6. The van der Waals surface area contributed by atoms with Crippen molar-refractivity contribution >= 4 is 78.8 Å².